The maximum atomic E-state index is 12.2. The van der Waals surface area contributed by atoms with E-state index in [1.54, 1.807) is 29.7 Å². The van der Waals surface area contributed by atoms with E-state index < -0.39 is 0 Å². The number of carbonyl (C=O) groups excluding carboxylic acids is 1. The highest BCUT2D eigenvalue weighted by Gasteiger charge is 2.13. The van der Waals surface area contributed by atoms with Crippen molar-refractivity contribution in [3.63, 3.8) is 0 Å². The van der Waals surface area contributed by atoms with Gasteiger partial charge in [0.05, 0.1) is 11.3 Å². The molecule has 1 aromatic carbocycles. The molecule has 94 valence electrons. The van der Waals surface area contributed by atoms with Crippen molar-refractivity contribution < 1.29 is 4.79 Å². The maximum Gasteiger partial charge on any atom is 0.258 e. The number of anilines is 2. The Morgan fingerprint density at radius 2 is 2.05 bits per heavy atom. The number of thiophene rings is 1. The Morgan fingerprint density at radius 1 is 1.21 bits per heavy atom. The molecule has 2 aromatic heterocycles. The monoisotopic (exact) mass is 269 g/mol. The third-order valence-electron chi connectivity index (χ3n) is 2.80. The van der Waals surface area contributed by atoms with E-state index in [1.807, 2.05) is 29.6 Å². The van der Waals surface area contributed by atoms with Crippen LogP contribution in [-0.4, -0.2) is 10.9 Å². The predicted octanol–water partition coefficient (Wildman–Crippen LogP) is 3.13. The number of hydrogen-bond donors (Lipinski definition) is 2. The molecule has 2 heterocycles. The third-order valence-corrected chi connectivity index (χ3v) is 3.76. The molecule has 3 N–H and O–H groups in total. The van der Waals surface area contributed by atoms with Gasteiger partial charge in [0.1, 0.15) is 0 Å². The van der Waals surface area contributed by atoms with Crippen molar-refractivity contribution in [3.05, 3.63) is 53.5 Å². The van der Waals surface area contributed by atoms with Gasteiger partial charge >= 0.3 is 0 Å². The summed E-state index contributed by atoms with van der Waals surface area (Å²) in [6, 6.07) is 11.2. The molecule has 0 aliphatic rings. The van der Waals surface area contributed by atoms with Crippen LogP contribution in [0.1, 0.15) is 10.4 Å². The van der Waals surface area contributed by atoms with Crippen molar-refractivity contribution in [2.24, 2.45) is 0 Å². The summed E-state index contributed by atoms with van der Waals surface area (Å²) in [5.74, 6) is 0.200. The summed E-state index contributed by atoms with van der Waals surface area (Å²) in [4.78, 5) is 16.3. The Bertz CT molecular complexity index is 751. The van der Waals surface area contributed by atoms with Crippen LogP contribution in [0.3, 0.4) is 0 Å². The standard InChI is InChI=1S/C14H11N3OS/c15-11-5-3-7-16-13(11)17-14(18)10-8-19-12-6-2-1-4-9(10)12/h1-8H,15H2,(H,16,17,18). The van der Waals surface area contributed by atoms with Gasteiger partial charge in [-0.2, -0.15) is 0 Å². The summed E-state index contributed by atoms with van der Waals surface area (Å²) in [6.07, 6.45) is 1.59. The Labute approximate surface area is 113 Å². The summed E-state index contributed by atoms with van der Waals surface area (Å²) in [6.45, 7) is 0. The second kappa shape index (κ2) is 4.70. The number of amides is 1. The molecule has 3 aromatic rings. The van der Waals surface area contributed by atoms with Gasteiger partial charge in [0.2, 0.25) is 0 Å². The van der Waals surface area contributed by atoms with E-state index in [0.29, 0.717) is 17.1 Å². The molecule has 5 heteroatoms. The Balaban J connectivity index is 1.95. The van der Waals surface area contributed by atoms with Crippen molar-refractivity contribution >= 4 is 38.8 Å². The Hall–Kier alpha value is -2.40. The van der Waals surface area contributed by atoms with Gasteiger partial charge < -0.3 is 11.1 Å². The fourth-order valence-electron chi connectivity index (χ4n) is 1.85. The first kappa shape index (κ1) is 11.7. The van der Waals surface area contributed by atoms with E-state index >= 15 is 0 Å². The van der Waals surface area contributed by atoms with Crippen molar-refractivity contribution in [1.29, 1.82) is 0 Å². The lowest BCUT2D eigenvalue weighted by atomic mass is 10.1. The molecule has 19 heavy (non-hydrogen) atoms. The number of nitrogen functional groups attached to an aromatic ring is 1. The van der Waals surface area contributed by atoms with Gasteiger partial charge in [-0.15, -0.1) is 11.3 Å². The molecule has 0 atom stereocenters. The van der Waals surface area contributed by atoms with Crippen molar-refractivity contribution in [1.82, 2.24) is 4.98 Å². The number of carbonyl (C=O) groups is 1. The van der Waals surface area contributed by atoms with E-state index in [4.69, 9.17) is 5.73 Å². The van der Waals surface area contributed by atoms with Crippen LogP contribution in [0, 0.1) is 0 Å². The number of nitrogens with two attached hydrogens (primary N) is 1. The molecular formula is C14H11N3OS. The molecule has 0 radical (unpaired) electrons. The largest absolute Gasteiger partial charge is 0.396 e. The quantitative estimate of drug-likeness (QED) is 0.751. The van der Waals surface area contributed by atoms with Gasteiger partial charge in [0.15, 0.2) is 5.82 Å². The SMILES string of the molecule is Nc1cccnc1NC(=O)c1csc2ccccc12. The zero-order valence-corrected chi connectivity index (χ0v) is 10.8. The smallest absolute Gasteiger partial charge is 0.258 e. The van der Waals surface area contributed by atoms with Crippen LogP contribution in [0.4, 0.5) is 11.5 Å². The summed E-state index contributed by atoms with van der Waals surface area (Å²) >= 11 is 1.54. The van der Waals surface area contributed by atoms with Crippen LogP contribution in [-0.2, 0) is 0 Å². The second-order valence-electron chi connectivity index (χ2n) is 4.04. The van der Waals surface area contributed by atoms with E-state index in [-0.39, 0.29) is 5.91 Å². The molecule has 0 aliphatic carbocycles. The van der Waals surface area contributed by atoms with Gasteiger partial charge in [-0.05, 0) is 18.2 Å². The van der Waals surface area contributed by atoms with Crippen molar-refractivity contribution in [2.75, 3.05) is 11.1 Å². The number of nitrogens with zero attached hydrogens (tertiary/aromatic N) is 1. The highest BCUT2D eigenvalue weighted by atomic mass is 32.1. The molecule has 0 saturated heterocycles. The molecule has 0 unspecified atom stereocenters. The second-order valence-corrected chi connectivity index (χ2v) is 4.95. The topological polar surface area (TPSA) is 68.0 Å². The zero-order chi connectivity index (χ0) is 13.2. The lowest BCUT2D eigenvalue weighted by Gasteiger charge is -2.05. The van der Waals surface area contributed by atoms with E-state index in [9.17, 15) is 4.79 Å². The lowest BCUT2D eigenvalue weighted by Crippen LogP contribution is -2.13. The van der Waals surface area contributed by atoms with E-state index in [1.165, 1.54) is 0 Å². The minimum Gasteiger partial charge on any atom is -0.396 e. The molecule has 0 fully saturated rings. The molecule has 1 amide bonds. The highest BCUT2D eigenvalue weighted by Crippen LogP contribution is 2.26. The van der Waals surface area contributed by atoms with Crippen LogP contribution in [0.2, 0.25) is 0 Å². The number of benzene rings is 1. The first-order valence-corrected chi connectivity index (χ1v) is 6.62. The first-order valence-electron chi connectivity index (χ1n) is 5.74. The maximum absolute atomic E-state index is 12.2. The average Bonchev–Trinajstić information content (AvgIpc) is 2.85. The highest BCUT2D eigenvalue weighted by molar-refractivity contribution is 7.17. The van der Waals surface area contributed by atoms with Crippen LogP contribution in [0.5, 0.6) is 0 Å². The number of hydrogen-bond acceptors (Lipinski definition) is 4. The number of pyridine rings is 1. The van der Waals surface area contributed by atoms with Gasteiger partial charge in [0.25, 0.3) is 5.91 Å². The average molecular weight is 269 g/mol. The molecule has 0 saturated carbocycles. The van der Waals surface area contributed by atoms with Crippen LogP contribution >= 0.6 is 11.3 Å². The minimum absolute atomic E-state index is 0.192. The van der Waals surface area contributed by atoms with Crippen molar-refractivity contribution in [3.8, 4) is 0 Å². The van der Waals surface area contributed by atoms with Gasteiger partial charge in [-0.1, -0.05) is 18.2 Å². The fraction of sp³-hybridized carbons (Fsp3) is 0. The van der Waals surface area contributed by atoms with Gasteiger partial charge in [-0.25, -0.2) is 4.98 Å². The lowest BCUT2D eigenvalue weighted by molar-refractivity contribution is 0.102. The van der Waals surface area contributed by atoms with Gasteiger partial charge in [0, 0.05) is 21.7 Å². The fourth-order valence-corrected chi connectivity index (χ4v) is 2.79. The van der Waals surface area contributed by atoms with E-state index in [0.717, 1.165) is 10.1 Å². The van der Waals surface area contributed by atoms with Crippen LogP contribution < -0.4 is 11.1 Å². The van der Waals surface area contributed by atoms with Crippen LogP contribution in [0.15, 0.2) is 48.0 Å². The zero-order valence-electron chi connectivity index (χ0n) is 9.96. The third kappa shape index (κ3) is 2.15. The number of rotatable bonds is 2. The molecule has 0 aliphatic heterocycles. The summed E-state index contributed by atoms with van der Waals surface area (Å²) < 4.78 is 1.08. The molecule has 0 bridgehead atoms. The number of aromatic nitrogens is 1. The summed E-state index contributed by atoms with van der Waals surface area (Å²) in [5, 5.41) is 5.53. The number of nitrogens with one attached hydrogen (secondary N) is 1. The predicted molar refractivity (Wildman–Crippen MR) is 78.4 cm³/mol. The van der Waals surface area contributed by atoms with E-state index in [2.05, 4.69) is 10.3 Å². The molecule has 4 nitrogen and oxygen atoms in total. The Morgan fingerprint density at radius 3 is 2.89 bits per heavy atom. The summed E-state index contributed by atoms with van der Waals surface area (Å²) in [7, 11) is 0. The summed E-state index contributed by atoms with van der Waals surface area (Å²) in [5.41, 5.74) is 6.86. The first-order chi connectivity index (χ1) is 9.25. The Kier molecular flexibility index (Phi) is 2.89. The molecule has 3 rings (SSSR count). The molecule has 0 spiro atoms. The molecular weight excluding hydrogens is 258 g/mol. The van der Waals surface area contributed by atoms with Gasteiger partial charge in [-0.3, -0.25) is 4.79 Å². The number of fused-ring (bicyclic) bond motifs is 1. The minimum atomic E-state index is -0.192. The van der Waals surface area contributed by atoms with Crippen LogP contribution in [0.25, 0.3) is 10.1 Å². The van der Waals surface area contributed by atoms with Crippen molar-refractivity contribution in [2.45, 2.75) is 0 Å². The normalized spacial score (nSPS) is 10.5.